The monoisotopic (exact) mass is 423 g/mol. The Morgan fingerprint density at radius 1 is 1.29 bits per heavy atom. The average Bonchev–Trinajstić information content (AvgIpc) is 2.68. The van der Waals surface area contributed by atoms with Crippen LogP contribution in [0.3, 0.4) is 0 Å². The van der Waals surface area contributed by atoms with Gasteiger partial charge in [0.05, 0.1) is 11.6 Å². The molecule has 0 aromatic rings. The van der Waals surface area contributed by atoms with Crippen LogP contribution in [0.2, 0.25) is 0 Å². The molecule has 0 radical (unpaired) electrons. The summed E-state index contributed by atoms with van der Waals surface area (Å²) in [5, 5.41) is 13.5. The maximum absolute atomic E-state index is 10.0. The first kappa shape index (κ1) is 25.6. The van der Waals surface area contributed by atoms with Gasteiger partial charge in [0.1, 0.15) is 0 Å². The summed E-state index contributed by atoms with van der Waals surface area (Å²) in [6.07, 6.45) is 6.15. The van der Waals surface area contributed by atoms with E-state index in [9.17, 15) is 5.26 Å². The number of nitrogens with two attached hydrogens (primary N) is 1. The van der Waals surface area contributed by atoms with Crippen LogP contribution in [-0.2, 0) is 0 Å². The highest BCUT2D eigenvalue weighted by molar-refractivity contribution is 5.51. The SMILES string of the molecule is C=C(C)/C(C#N)=C(/CC1(C)C(C)CCC2(C)C(=C)CCCC21N)C(=C)CNCC(C)C. The number of hydrogen-bond acceptors (Lipinski definition) is 3. The van der Waals surface area contributed by atoms with Crippen molar-refractivity contribution in [2.24, 2.45) is 28.4 Å². The lowest BCUT2D eigenvalue weighted by Gasteiger charge is -2.65. The molecule has 172 valence electrons. The summed E-state index contributed by atoms with van der Waals surface area (Å²) in [4.78, 5) is 0. The first-order valence-electron chi connectivity index (χ1n) is 12.0. The molecule has 0 aliphatic heterocycles. The molecule has 2 rings (SSSR count). The van der Waals surface area contributed by atoms with Gasteiger partial charge in [-0.3, -0.25) is 0 Å². The molecule has 0 aromatic carbocycles. The van der Waals surface area contributed by atoms with Gasteiger partial charge >= 0.3 is 0 Å². The second-order valence-corrected chi connectivity index (χ2v) is 11.2. The van der Waals surface area contributed by atoms with Gasteiger partial charge in [-0.05, 0) is 86.0 Å². The summed E-state index contributed by atoms with van der Waals surface area (Å²) in [6.45, 7) is 27.9. The maximum atomic E-state index is 10.0. The predicted octanol–water partition coefficient (Wildman–Crippen LogP) is 6.45. The molecule has 31 heavy (non-hydrogen) atoms. The molecule has 0 heterocycles. The molecule has 0 saturated heterocycles. The van der Waals surface area contributed by atoms with Gasteiger partial charge in [-0.15, -0.1) is 0 Å². The van der Waals surface area contributed by atoms with Crippen LogP contribution in [-0.4, -0.2) is 18.6 Å². The molecule has 2 saturated carbocycles. The number of nitrogens with one attached hydrogen (secondary N) is 1. The molecule has 4 unspecified atom stereocenters. The lowest BCUT2D eigenvalue weighted by molar-refractivity contribution is -0.0742. The number of nitrogens with zero attached hydrogens (tertiary/aromatic N) is 1. The summed E-state index contributed by atoms with van der Waals surface area (Å²) in [5.41, 5.74) is 11.7. The Labute approximate surface area is 191 Å². The fourth-order valence-electron chi connectivity index (χ4n) is 6.16. The molecule has 3 N–H and O–H groups in total. The third kappa shape index (κ3) is 4.48. The van der Waals surface area contributed by atoms with E-state index in [1.165, 1.54) is 5.57 Å². The van der Waals surface area contributed by atoms with Crippen molar-refractivity contribution >= 4 is 0 Å². The number of fused-ring (bicyclic) bond motifs is 1. The first-order valence-corrected chi connectivity index (χ1v) is 12.0. The van der Waals surface area contributed by atoms with Crippen molar-refractivity contribution in [1.82, 2.24) is 5.32 Å². The molecule has 0 spiro atoms. The zero-order valence-electron chi connectivity index (χ0n) is 21.0. The Morgan fingerprint density at radius 3 is 2.48 bits per heavy atom. The van der Waals surface area contributed by atoms with E-state index in [-0.39, 0.29) is 16.4 Å². The van der Waals surface area contributed by atoms with Gasteiger partial charge in [-0.2, -0.15) is 5.26 Å². The zero-order valence-corrected chi connectivity index (χ0v) is 21.0. The van der Waals surface area contributed by atoms with Crippen LogP contribution in [0.5, 0.6) is 0 Å². The standard InChI is InChI=1S/C28H45N3/c1-19(2)17-31-18-21(5)24(25(16-29)20(3)4)15-27(9)23(7)12-14-26(8)22(6)11-10-13-28(26,27)30/h19,23,31H,3,5-6,10-15,17-18,30H2,1-2,4,7-9H3/b25-24-. The summed E-state index contributed by atoms with van der Waals surface area (Å²) < 4.78 is 0. The second-order valence-electron chi connectivity index (χ2n) is 11.2. The lowest BCUT2D eigenvalue weighted by Crippen LogP contribution is -2.70. The smallest absolute Gasteiger partial charge is 0.0997 e. The normalized spacial score (nSPS) is 34.0. The highest BCUT2D eigenvalue weighted by Crippen LogP contribution is 2.64. The minimum Gasteiger partial charge on any atom is -0.324 e. The van der Waals surface area contributed by atoms with E-state index in [1.54, 1.807) is 0 Å². The first-order chi connectivity index (χ1) is 14.3. The Hall–Kier alpha value is -1.63. The van der Waals surface area contributed by atoms with Crippen LogP contribution in [0.1, 0.15) is 80.1 Å². The number of nitriles is 1. The molecular formula is C28H45N3. The Kier molecular flexibility index (Phi) is 7.83. The van der Waals surface area contributed by atoms with E-state index in [4.69, 9.17) is 5.73 Å². The van der Waals surface area contributed by atoms with Gasteiger partial charge in [0, 0.05) is 17.5 Å². The fraction of sp³-hybridized carbons (Fsp3) is 0.679. The number of allylic oxidation sites excluding steroid dienone is 2. The minimum atomic E-state index is -0.348. The van der Waals surface area contributed by atoms with E-state index in [1.807, 2.05) is 6.92 Å². The minimum absolute atomic E-state index is 0.0646. The van der Waals surface area contributed by atoms with Crippen molar-refractivity contribution in [3.63, 3.8) is 0 Å². The van der Waals surface area contributed by atoms with Gasteiger partial charge in [0.2, 0.25) is 0 Å². The van der Waals surface area contributed by atoms with E-state index in [2.05, 4.69) is 65.7 Å². The molecule has 4 atom stereocenters. The van der Waals surface area contributed by atoms with Crippen molar-refractivity contribution in [3.8, 4) is 6.07 Å². The quantitative estimate of drug-likeness (QED) is 0.268. The number of hydrogen-bond donors (Lipinski definition) is 2. The van der Waals surface area contributed by atoms with E-state index in [0.29, 0.717) is 24.0 Å². The molecular weight excluding hydrogens is 378 g/mol. The Bertz CT molecular complexity index is 811. The van der Waals surface area contributed by atoms with Gasteiger partial charge in [0.15, 0.2) is 0 Å². The van der Waals surface area contributed by atoms with E-state index >= 15 is 0 Å². The van der Waals surface area contributed by atoms with Crippen LogP contribution in [0, 0.1) is 34.0 Å². The molecule has 2 aliphatic rings. The molecule has 2 fully saturated rings. The van der Waals surface area contributed by atoms with Crippen LogP contribution >= 0.6 is 0 Å². The van der Waals surface area contributed by atoms with Crippen LogP contribution in [0.4, 0.5) is 0 Å². The molecule has 3 heteroatoms. The van der Waals surface area contributed by atoms with Gasteiger partial charge in [-0.1, -0.05) is 59.9 Å². The lowest BCUT2D eigenvalue weighted by atomic mass is 9.42. The summed E-state index contributed by atoms with van der Waals surface area (Å²) >= 11 is 0. The van der Waals surface area contributed by atoms with E-state index < -0.39 is 0 Å². The highest BCUT2D eigenvalue weighted by atomic mass is 14.9. The molecule has 0 amide bonds. The Morgan fingerprint density at radius 2 is 1.94 bits per heavy atom. The highest BCUT2D eigenvalue weighted by Gasteiger charge is 2.62. The third-order valence-corrected chi connectivity index (χ3v) is 8.70. The molecule has 2 aliphatic carbocycles. The maximum Gasteiger partial charge on any atom is 0.0997 e. The van der Waals surface area contributed by atoms with Crippen molar-refractivity contribution in [2.75, 3.05) is 13.1 Å². The van der Waals surface area contributed by atoms with Crippen molar-refractivity contribution in [1.29, 1.82) is 5.26 Å². The summed E-state index contributed by atoms with van der Waals surface area (Å²) in [5.74, 6) is 1.02. The predicted molar refractivity (Wildman–Crippen MR) is 133 cm³/mol. The second kappa shape index (κ2) is 9.47. The summed E-state index contributed by atoms with van der Waals surface area (Å²) in [7, 11) is 0. The van der Waals surface area contributed by atoms with E-state index in [0.717, 1.165) is 61.8 Å². The molecule has 3 nitrogen and oxygen atoms in total. The molecule has 0 aromatic heterocycles. The zero-order chi connectivity index (χ0) is 23.6. The molecule has 0 bridgehead atoms. The van der Waals surface area contributed by atoms with Crippen LogP contribution in [0.25, 0.3) is 0 Å². The van der Waals surface area contributed by atoms with Gasteiger partial charge in [-0.25, -0.2) is 0 Å². The van der Waals surface area contributed by atoms with Crippen LogP contribution < -0.4 is 11.1 Å². The van der Waals surface area contributed by atoms with Crippen LogP contribution in [0.15, 0.2) is 47.6 Å². The van der Waals surface area contributed by atoms with Crippen molar-refractivity contribution < 1.29 is 0 Å². The Balaban J connectivity index is 2.53. The van der Waals surface area contributed by atoms with Crippen molar-refractivity contribution in [2.45, 2.75) is 85.6 Å². The third-order valence-electron chi connectivity index (χ3n) is 8.70. The average molecular weight is 424 g/mol. The topological polar surface area (TPSA) is 61.8 Å². The van der Waals surface area contributed by atoms with Gasteiger partial charge in [0.25, 0.3) is 0 Å². The van der Waals surface area contributed by atoms with Gasteiger partial charge < -0.3 is 11.1 Å². The fourth-order valence-corrected chi connectivity index (χ4v) is 6.16. The van der Waals surface area contributed by atoms with Crippen molar-refractivity contribution in [3.05, 3.63) is 47.6 Å². The summed E-state index contributed by atoms with van der Waals surface area (Å²) in [6, 6.07) is 2.44. The largest absolute Gasteiger partial charge is 0.324 e. The number of rotatable bonds is 8.